The van der Waals surface area contributed by atoms with Crippen LogP contribution in [0, 0.1) is 0 Å². The molecule has 0 N–H and O–H groups in total. The summed E-state index contributed by atoms with van der Waals surface area (Å²) < 4.78 is 4.83. The number of nitrogens with zero attached hydrogens (tertiary/aromatic N) is 2. The third kappa shape index (κ3) is 3.27. The van der Waals surface area contributed by atoms with Crippen molar-refractivity contribution in [2.24, 2.45) is 0 Å². The van der Waals surface area contributed by atoms with Crippen molar-refractivity contribution in [1.29, 1.82) is 0 Å². The highest BCUT2D eigenvalue weighted by Crippen LogP contribution is 2.23. The first kappa shape index (κ1) is 15.7. The molecule has 2 heterocycles. The second-order valence-corrected chi connectivity index (χ2v) is 6.20. The number of benzene rings is 1. The van der Waals surface area contributed by atoms with Crippen LogP contribution >= 0.6 is 11.3 Å². The van der Waals surface area contributed by atoms with Gasteiger partial charge in [-0.1, -0.05) is 12.1 Å². The lowest BCUT2D eigenvalue weighted by Gasteiger charge is -2.33. The Hall–Kier alpha value is -2.21. The van der Waals surface area contributed by atoms with Crippen LogP contribution in [-0.2, 0) is 9.53 Å². The normalized spacial score (nSPS) is 17.8. The smallest absolute Gasteiger partial charge is 0.328 e. The molecule has 0 bridgehead atoms. The predicted molar refractivity (Wildman–Crippen MR) is 88.2 cm³/mol. The number of carbonyl (C=O) groups is 2. The maximum Gasteiger partial charge on any atom is 0.328 e. The van der Waals surface area contributed by atoms with Crippen LogP contribution in [0.15, 0.2) is 35.2 Å². The van der Waals surface area contributed by atoms with Gasteiger partial charge >= 0.3 is 5.97 Å². The number of piperidine rings is 1. The van der Waals surface area contributed by atoms with Gasteiger partial charge in [-0.05, 0) is 31.4 Å². The van der Waals surface area contributed by atoms with Gasteiger partial charge in [0.05, 0.1) is 18.3 Å². The maximum atomic E-state index is 12.7. The molecule has 23 heavy (non-hydrogen) atoms. The fourth-order valence-electron chi connectivity index (χ4n) is 2.86. The number of amides is 1. The molecule has 6 heteroatoms. The summed E-state index contributed by atoms with van der Waals surface area (Å²) in [5, 5.41) is 1.97. The second-order valence-electron chi connectivity index (χ2n) is 5.48. The fourth-order valence-corrected chi connectivity index (χ4v) is 3.42. The van der Waals surface area contributed by atoms with E-state index in [2.05, 4.69) is 4.98 Å². The molecule has 0 saturated carbocycles. The van der Waals surface area contributed by atoms with Crippen LogP contribution in [0.2, 0.25) is 0 Å². The van der Waals surface area contributed by atoms with Gasteiger partial charge in [-0.3, -0.25) is 4.79 Å². The van der Waals surface area contributed by atoms with Gasteiger partial charge in [0.2, 0.25) is 0 Å². The molecule has 1 aliphatic heterocycles. The minimum absolute atomic E-state index is 0.120. The van der Waals surface area contributed by atoms with Gasteiger partial charge in [-0.25, -0.2) is 9.78 Å². The lowest BCUT2D eigenvalue weighted by atomic mass is 10.0. The van der Waals surface area contributed by atoms with Crippen LogP contribution in [0.3, 0.4) is 0 Å². The molecule has 0 aliphatic carbocycles. The number of hydrogen-bond donors (Lipinski definition) is 0. The molecule has 1 aromatic carbocycles. The van der Waals surface area contributed by atoms with Crippen LogP contribution in [-0.4, -0.2) is 41.5 Å². The third-order valence-corrected chi connectivity index (χ3v) is 4.68. The number of methoxy groups -OCH3 is 1. The van der Waals surface area contributed by atoms with Crippen molar-refractivity contribution in [1.82, 2.24) is 9.88 Å². The minimum Gasteiger partial charge on any atom is -0.467 e. The maximum absolute atomic E-state index is 12.7. The van der Waals surface area contributed by atoms with E-state index in [-0.39, 0.29) is 11.9 Å². The highest BCUT2D eigenvalue weighted by molar-refractivity contribution is 7.07. The van der Waals surface area contributed by atoms with Crippen LogP contribution in [0.5, 0.6) is 0 Å². The van der Waals surface area contributed by atoms with Gasteiger partial charge in [0.1, 0.15) is 6.04 Å². The molecule has 1 saturated heterocycles. The summed E-state index contributed by atoms with van der Waals surface area (Å²) in [7, 11) is 1.36. The number of aromatic nitrogens is 1. The molecule has 3 rings (SSSR count). The molecule has 1 aliphatic rings. The summed E-state index contributed by atoms with van der Waals surface area (Å²) in [6.07, 6.45) is 2.51. The van der Waals surface area contributed by atoms with E-state index >= 15 is 0 Å². The first-order valence-electron chi connectivity index (χ1n) is 7.58. The number of esters is 1. The minimum atomic E-state index is -0.473. The molecule has 0 unspecified atom stereocenters. The lowest BCUT2D eigenvalue weighted by molar-refractivity contribution is -0.147. The highest BCUT2D eigenvalue weighted by atomic mass is 32.1. The Labute approximate surface area is 138 Å². The number of thiazole rings is 1. The van der Waals surface area contributed by atoms with E-state index in [1.165, 1.54) is 18.4 Å². The van der Waals surface area contributed by atoms with Crippen molar-refractivity contribution in [3.8, 4) is 11.3 Å². The Morgan fingerprint density at radius 2 is 2.04 bits per heavy atom. The largest absolute Gasteiger partial charge is 0.467 e. The topological polar surface area (TPSA) is 59.5 Å². The first-order chi connectivity index (χ1) is 11.2. The van der Waals surface area contributed by atoms with Crippen molar-refractivity contribution in [3.63, 3.8) is 0 Å². The van der Waals surface area contributed by atoms with E-state index in [1.807, 2.05) is 17.5 Å². The number of likely N-dealkylation sites (tertiary alicyclic amines) is 1. The Bertz CT molecular complexity index is 682. The van der Waals surface area contributed by atoms with Gasteiger partial charge in [0.15, 0.2) is 0 Å². The number of hydrogen-bond acceptors (Lipinski definition) is 5. The molecule has 1 fully saturated rings. The number of ether oxygens (including phenoxy) is 1. The van der Waals surface area contributed by atoms with Gasteiger partial charge in [-0.15, -0.1) is 11.3 Å². The van der Waals surface area contributed by atoms with Crippen molar-refractivity contribution >= 4 is 23.2 Å². The summed E-state index contributed by atoms with van der Waals surface area (Å²) >= 11 is 1.54. The van der Waals surface area contributed by atoms with Crippen LogP contribution in [0.25, 0.3) is 11.3 Å². The van der Waals surface area contributed by atoms with Crippen LogP contribution in [0.1, 0.15) is 29.6 Å². The molecule has 1 aromatic heterocycles. The third-order valence-electron chi connectivity index (χ3n) is 4.10. The number of rotatable bonds is 3. The Morgan fingerprint density at radius 3 is 2.70 bits per heavy atom. The van der Waals surface area contributed by atoms with E-state index in [4.69, 9.17) is 4.74 Å². The Kier molecular flexibility index (Phi) is 4.71. The van der Waals surface area contributed by atoms with Crippen molar-refractivity contribution in [2.75, 3.05) is 13.7 Å². The van der Waals surface area contributed by atoms with E-state index in [1.54, 1.807) is 22.5 Å². The van der Waals surface area contributed by atoms with Gasteiger partial charge < -0.3 is 9.64 Å². The highest BCUT2D eigenvalue weighted by Gasteiger charge is 2.33. The van der Waals surface area contributed by atoms with Gasteiger partial charge in [0.25, 0.3) is 5.91 Å². The summed E-state index contributed by atoms with van der Waals surface area (Å²) in [5.41, 5.74) is 4.24. The molecule has 5 nitrogen and oxygen atoms in total. The molecule has 120 valence electrons. The zero-order valence-electron chi connectivity index (χ0n) is 12.9. The summed E-state index contributed by atoms with van der Waals surface area (Å²) in [6.45, 7) is 0.590. The summed E-state index contributed by atoms with van der Waals surface area (Å²) in [4.78, 5) is 30.5. The quantitative estimate of drug-likeness (QED) is 0.812. The van der Waals surface area contributed by atoms with E-state index in [0.717, 1.165) is 24.1 Å². The molecule has 1 amide bonds. The molecular formula is C17H18N2O3S. The molecule has 1 atom stereocenters. The fraction of sp³-hybridized carbons (Fsp3) is 0.353. The standard InChI is InChI=1S/C17H18N2O3S/c1-22-17(21)15-4-2-3-9-19(15)16(20)13-7-5-12(6-8-13)14-10-23-11-18-14/h5-8,10-11,15H,2-4,9H2,1H3/t15-/m0/s1. The van der Waals surface area contributed by atoms with Gasteiger partial charge in [0, 0.05) is 23.1 Å². The molecular weight excluding hydrogens is 312 g/mol. The van der Waals surface area contributed by atoms with Crippen LogP contribution < -0.4 is 0 Å². The monoisotopic (exact) mass is 330 g/mol. The molecule has 2 aromatic rings. The van der Waals surface area contributed by atoms with E-state index in [0.29, 0.717) is 18.5 Å². The zero-order chi connectivity index (χ0) is 16.2. The predicted octanol–water partition coefficient (Wildman–Crippen LogP) is 2.98. The molecule has 0 spiro atoms. The zero-order valence-corrected chi connectivity index (χ0v) is 13.7. The van der Waals surface area contributed by atoms with Gasteiger partial charge in [-0.2, -0.15) is 0 Å². The summed E-state index contributed by atoms with van der Waals surface area (Å²) in [5.74, 6) is -0.456. The van der Waals surface area contributed by atoms with E-state index < -0.39 is 6.04 Å². The van der Waals surface area contributed by atoms with Crippen LogP contribution in [0.4, 0.5) is 0 Å². The molecule has 0 radical (unpaired) electrons. The van der Waals surface area contributed by atoms with Crippen molar-refractivity contribution in [3.05, 3.63) is 40.7 Å². The van der Waals surface area contributed by atoms with E-state index in [9.17, 15) is 9.59 Å². The second kappa shape index (κ2) is 6.91. The van der Waals surface area contributed by atoms with Crippen molar-refractivity contribution in [2.45, 2.75) is 25.3 Å². The average Bonchev–Trinajstić information content (AvgIpc) is 3.15. The first-order valence-corrected chi connectivity index (χ1v) is 8.52. The van der Waals surface area contributed by atoms with Crippen molar-refractivity contribution < 1.29 is 14.3 Å². The Morgan fingerprint density at radius 1 is 1.26 bits per heavy atom. The lowest BCUT2D eigenvalue weighted by Crippen LogP contribution is -2.48. The summed E-state index contributed by atoms with van der Waals surface area (Å²) in [6, 6.07) is 6.89. The number of carbonyl (C=O) groups excluding carboxylic acids is 2. The SMILES string of the molecule is COC(=O)[C@@H]1CCCCN1C(=O)c1ccc(-c2cscn2)cc1. The average molecular weight is 330 g/mol. The Balaban J connectivity index is 1.80.